The van der Waals surface area contributed by atoms with Crippen LogP contribution in [0.15, 0.2) is 28.7 Å². The Kier molecular flexibility index (Phi) is 5.08. The highest BCUT2D eigenvalue weighted by Gasteiger charge is 2.38. The van der Waals surface area contributed by atoms with Crippen molar-refractivity contribution in [3.8, 4) is 0 Å². The Balaban J connectivity index is 2.78. The van der Waals surface area contributed by atoms with E-state index >= 15 is 0 Å². The third-order valence-corrected chi connectivity index (χ3v) is 8.75. The van der Waals surface area contributed by atoms with Crippen LogP contribution in [0.4, 0.5) is 0 Å². The van der Waals surface area contributed by atoms with Crippen molar-refractivity contribution in [2.45, 2.75) is 64.1 Å². The molecule has 0 atom stereocenters. The van der Waals surface area contributed by atoms with E-state index in [1.807, 2.05) is 13.1 Å². The molecule has 0 amide bonds. The van der Waals surface area contributed by atoms with E-state index in [9.17, 15) is 4.80 Å². The van der Waals surface area contributed by atoms with Gasteiger partial charge in [-0.15, -0.1) is 0 Å². The first kappa shape index (κ1) is 16.9. The molecule has 0 bridgehead atoms. The molecule has 0 fully saturated rings. The highest BCUT2D eigenvalue weighted by molar-refractivity contribution is 9.10. The fourth-order valence-electron chi connectivity index (χ4n) is 1.98. The maximum absolute atomic E-state index is 10.4. The van der Waals surface area contributed by atoms with Gasteiger partial charge in [-0.1, -0.05) is 55.8 Å². The van der Waals surface area contributed by atoms with Gasteiger partial charge in [-0.25, -0.2) is 0 Å². The lowest BCUT2D eigenvalue weighted by Crippen LogP contribution is -2.39. The second-order valence-electron chi connectivity index (χ2n) is 7.33. The van der Waals surface area contributed by atoms with Crippen LogP contribution in [-0.4, -0.2) is 13.1 Å². The van der Waals surface area contributed by atoms with Crippen LogP contribution in [0.3, 0.4) is 0 Å². The lowest BCUT2D eigenvalue weighted by Gasteiger charge is -2.38. The Morgan fingerprint density at radius 1 is 1.00 bits per heavy atom. The second kappa shape index (κ2) is 5.70. The predicted molar refractivity (Wildman–Crippen MR) is 90.1 cm³/mol. The minimum absolute atomic E-state index is 0.0552. The van der Waals surface area contributed by atoms with E-state index in [-0.39, 0.29) is 10.5 Å². The fraction of sp³-hybridized carbons (Fsp3) is 0.625. The van der Waals surface area contributed by atoms with E-state index in [0.29, 0.717) is 0 Å². The first-order valence-corrected chi connectivity index (χ1v) is 10.7. The van der Waals surface area contributed by atoms with Gasteiger partial charge in [-0.3, -0.25) is 0 Å². The zero-order valence-electron chi connectivity index (χ0n) is 13.0. The molecule has 0 aliphatic rings. The number of halogens is 1. The molecule has 0 unspecified atom stereocenters. The van der Waals surface area contributed by atoms with E-state index in [2.05, 4.69) is 67.9 Å². The molecule has 0 saturated carbocycles. The molecule has 19 heavy (non-hydrogen) atoms. The maximum Gasteiger partial charge on any atom is 0.188 e. The van der Waals surface area contributed by atoms with Gasteiger partial charge >= 0.3 is 0 Å². The first-order valence-electron chi connectivity index (χ1n) is 6.94. The van der Waals surface area contributed by atoms with Gasteiger partial charge in [0.15, 0.2) is 8.32 Å². The molecule has 0 saturated heterocycles. The Bertz CT molecular complexity index is 415. The molecule has 3 heteroatoms. The predicted octanol–water partition coefficient (Wildman–Crippen LogP) is 5.48. The van der Waals surface area contributed by atoms with Gasteiger partial charge in [0, 0.05) is 4.47 Å². The summed E-state index contributed by atoms with van der Waals surface area (Å²) in [5.74, 6) is 0. The van der Waals surface area contributed by atoms with Crippen LogP contribution >= 0.6 is 15.9 Å². The average Bonchev–Trinajstić information content (AvgIpc) is 2.26. The Hall–Kier alpha value is -0.123. The smallest absolute Gasteiger partial charge is 0.188 e. The van der Waals surface area contributed by atoms with Crippen molar-refractivity contribution in [2.24, 2.45) is 0 Å². The zero-order valence-corrected chi connectivity index (χ0v) is 15.6. The molecule has 1 N–H and O–H groups in total. The summed E-state index contributed by atoms with van der Waals surface area (Å²) < 4.78 is 1.12. The van der Waals surface area contributed by atoms with Crippen LogP contribution in [-0.2, 0) is 5.41 Å². The van der Waals surface area contributed by atoms with Crippen molar-refractivity contribution in [3.05, 3.63) is 34.3 Å². The summed E-state index contributed by atoms with van der Waals surface area (Å²) in [5, 5.41) is 0.0552. The van der Waals surface area contributed by atoms with Gasteiger partial charge in [0.1, 0.15) is 0 Å². The molecule has 0 spiro atoms. The summed E-state index contributed by atoms with van der Waals surface area (Å²) >= 11 is 3.48. The third kappa shape index (κ3) is 4.43. The van der Waals surface area contributed by atoms with Crippen LogP contribution < -0.4 is 0 Å². The second-order valence-corrected chi connectivity index (χ2v) is 12.7. The van der Waals surface area contributed by atoms with E-state index in [4.69, 9.17) is 0 Å². The summed E-state index contributed by atoms with van der Waals surface area (Å²) in [6, 6.07) is 8.59. The standard InChI is InChI=1S/C16H27BrOSi/c1-15(2,13-7-9-14(17)10-8-13)11-12-16(3,4)19(5,6)18/h7-10,18H,11-12H2,1-6H3. The molecule has 0 aromatic heterocycles. The lowest BCUT2D eigenvalue weighted by atomic mass is 9.79. The fourth-order valence-corrected chi connectivity index (χ4v) is 2.98. The minimum Gasteiger partial charge on any atom is -0.432 e. The molecule has 0 radical (unpaired) electrons. The summed E-state index contributed by atoms with van der Waals surface area (Å²) in [6.07, 6.45) is 2.16. The van der Waals surface area contributed by atoms with Crippen LogP contribution in [0.5, 0.6) is 0 Å². The molecule has 1 aromatic rings. The van der Waals surface area contributed by atoms with Crippen LogP contribution in [0, 0.1) is 0 Å². The average molecular weight is 343 g/mol. The Morgan fingerprint density at radius 3 is 1.89 bits per heavy atom. The SMILES string of the molecule is CC(C)(CCC(C)(C)[Si](C)(C)O)c1ccc(Br)cc1. The van der Waals surface area contributed by atoms with Crippen molar-refractivity contribution >= 4 is 24.2 Å². The van der Waals surface area contributed by atoms with Gasteiger partial charge in [-0.2, -0.15) is 0 Å². The van der Waals surface area contributed by atoms with Crippen LogP contribution in [0.2, 0.25) is 18.1 Å². The number of hydrogen-bond donors (Lipinski definition) is 1. The van der Waals surface area contributed by atoms with E-state index in [1.165, 1.54) is 5.56 Å². The molecular formula is C16H27BrOSi. The van der Waals surface area contributed by atoms with Crippen molar-refractivity contribution in [1.82, 2.24) is 0 Å². The minimum atomic E-state index is -2.10. The number of hydrogen-bond acceptors (Lipinski definition) is 1. The quantitative estimate of drug-likeness (QED) is 0.702. The van der Waals surface area contributed by atoms with E-state index in [1.54, 1.807) is 0 Å². The highest BCUT2D eigenvalue weighted by Crippen LogP contribution is 2.43. The van der Waals surface area contributed by atoms with Gasteiger partial charge in [0.25, 0.3) is 0 Å². The van der Waals surface area contributed by atoms with Gasteiger partial charge in [0.05, 0.1) is 0 Å². The molecular weight excluding hydrogens is 316 g/mol. The molecule has 0 heterocycles. The first-order chi connectivity index (χ1) is 8.46. The Labute approximate surface area is 127 Å². The van der Waals surface area contributed by atoms with Crippen molar-refractivity contribution in [2.75, 3.05) is 0 Å². The lowest BCUT2D eigenvalue weighted by molar-refractivity contribution is 0.384. The number of benzene rings is 1. The molecule has 0 aliphatic heterocycles. The summed E-state index contributed by atoms with van der Waals surface area (Å²) in [7, 11) is -2.10. The molecule has 108 valence electrons. The van der Waals surface area contributed by atoms with Crippen LogP contribution in [0.1, 0.15) is 46.1 Å². The largest absolute Gasteiger partial charge is 0.432 e. The monoisotopic (exact) mass is 342 g/mol. The normalized spacial score (nSPS) is 13.7. The van der Waals surface area contributed by atoms with Gasteiger partial charge in [0.2, 0.25) is 0 Å². The topological polar surface area (TPSA) is 20.2 Å². The molecule has 1 aromatic carbocycles. The van der Waals surface area contributed by atoms with Gasteiger partial charge < -0.3 is 4.80 Å². The van der Waals surface area contributed by atoms with Crippen LogP contribution in [0.25, 0.3) is 0 Å². The number of rotatable bonds is 5. The third-order valence-electron chi connectivity index (χ3n) is 4.66. The molecule has 0 aliphatic carbocycles. The summed E-state index contributed by atoms with van der Waals surface area (Å²) in [4.78, 5) is 10.4. The summed E-state index contributed by atoms with van der Waals surface area (Å²) in [5.41, 5.74) is 1.52. The van der Waals surface area contributed by atoms with E-state index in [0.717, 1.165) is 17.3 Å². The molecule has 1 rings (SSSR count). The molecule has 1 nitrogen and oxygen atoms in total. The Morgan fingerprint density at radius 2 is 1.47 bits per heavy atom. The van der Waals surface area contributed by atoms with Gasteiger partial charge in [-0.05, 0) is 54.1 Å². The highest BCUT2D eigenvalue weighted by atomic mass is 79.9. The van der Waals surface area contributed by atoms with Crippen molar-refractivity contribution < 1.29 is 4.80 Å². The van der Waals surface area contributed by atoms with Crippen molar-refractivity contribution in [3.63, 3.8) is 0 Å². The zero-order chi connectivity index (χ0) is 14.9. The van der Waals surface area contributed by atoms with E-state index < -0.39 is 8.32 Å². The summed E-state index contributed by atoms with van der Waals surface area (Å²) in [6.45, 7) is 13.1. The maximum atomic E-state index is 10.4. The van der Waals surface area contributed by atoms with Crippen molar-refractivity contribution in [1.29, 1.82) is 0 Å².